The number of aromatic nitrogens is 2. The van der Waals surface area contributed by atoms with Crippen molar-refractivity contribution in [1.82, 2.24) is 9.97 Å². The van der Waals surface area contributed by atoms with Crippen LogP contribution in [0.1, 0.15) is 65.9 Å². The maximum Gasteiger partial charge on any atom is 0.333 e. The maximum absolute atomic E-state index is 13.0. The van der Waals surface area contributed by atoms with Gasteiger partial charge in [-0.25, -0.2) is 19.6 Å². The fraction of sp³-hybridized carbons (Fsp3) is 0.571. The number of carbonyl (C=O) groups is 2. The monoisotopic (exact) mass is 498 g/mol. The molecule has 6 atom stereocenters. The summed E-state index contributed by atoms with van der Waals surface area (Å²) in [6, 6.07) is 0. The van der Waals surface area contributed by atoms with Crippen LogP contribution in [-0.4, -0.2) is 34.1 Å². The second-order valence-corrected chi connectivity index (χ2v) is 10.3. The van der Waals surface area contributed by atoms with E-state index in [4.69, 9.17) is 18.3 Å². The minimum atomic E-state index is -0.384. The summed E-state index contributed by atoms with van der Waals surface area (Å²) >= 11 is 0. The summed E-state index contributed by atoms with van der Waals surface area (Å²) in [4.78, 5) is 34.0. The Bertz CT molecular complexity index is 956. The van der Waals surface area contributed by atoms with Crippen molar-refractivity contribution >= 4 is 11.9 Å². The third kappa shape index (κ3) is 7.93. The number of ether oxygens (including phenoxy) is 2. The number of cyclic esters (lactones) is 2. The van der Waals surface area contributed by atoms with E-state index in [1.54, 1.807) is 26.2 Å². The molecule has 2 aromatic heterocycles. The van der Waals surface area contributed by atoms with Crippen molar-refractivity contribution in [3.8, 4) is 0 Å². The van der Waals surface area contributed by atoms with E-state index in [0.29, 0.717) is 48.3 Å². The van der Waals surface area contributed by atoms with Gasteiger partial charge in [-0.3, -0.25) is 0 Å². The van der Waals surface area contributed by atoms with E-state index < -0.39 is 0 Å². The van der Waals surface area contributed by atoms with Crippen molar-refractivity contribution < 1.29 is 27.9 Å². The lowest BCUT2D eigenvalue weighted by molar-refractivity contribution is -0.147. The second-order valence-electron chi connectivity index (χ2n) is 10.3. The van der Waals surface area contributed by atoms with E-state index in [1.165, 1.54) is 12.8 Å². The summed E-state index contributed by atoms with van der Waals surface area (Å²) in [5.41, 5.74) is 1.12. The van der Waals surface area contributed by atoms with Crippen molar-refractivity contribution in [2.75, 3.05) is 0 Å². The van der Waals surface area contributed by atoms with Gasteiger partial charge in [0.05, 0.1) is 12.4 Å². The molecule has 0 radical (unpaired) electrons. The Balaban J connectivity index is 1.87. The van der Waals surface area contributed by atoms with Gasteiger partial charge in [-0.05, 0) is 50.4 Å². The summed E-state index contributed by atoms with van der Waals surface area (Å²) in [7, 11) is 0. The first-order valence-electron chi connectivity index (χ1n) is 12.7. The Morgan fingerprint density at radius 3 is 1.44 bits per heavy atom. The molecule has 1 aliphatic heterocycles. The van der Waals surface area contributed by atoms with E-state index >= 15 is 0 Å². The Hall–Kier alpha value is -3.16. The number of nitrogens with zero attached hydrogens (tertiary/aromatic N) is 2. The minimum Gasteiger partial charge on any atom is -0.458 e. The third-order valence-corrected chi connectivity index (χ3v) is 6.76. The summed E-state index contributed by atoms with van der Waals surface area (Å²) in [6.07, 6.45) is 11.4. The van der Waals surface area contributed by atoms with Crippen LogP contribution in [0.2, 0.25) is 0 Å². The fourth-order valence-corrected chi connectivity index (χ4v) is 4.86. The number of allylic oxidation sites excluding steroid dienone is 2. The molecule has 0 amide bonds. The lowest BCUT2D eigenvalue weighted by Gasteiger charge is -2.27. The van der Waals surface area contributed by atoms with Gasteiger partial charge in [-0.1, -0.05) is 39.8 Å². The molecule has 196 valence electrons. The van der Waals surface area contributed by atoms with Crippen LogP contribution in [0.5, 0.6) is 0 Å². The molecular weight excluding hydrogens is 460 g/mol. The number of carbonyl (C=O) groups excluding carboxylic acids is 2. The van der Waals surface area contributed by atoms with Crippen molar-refractivity contribution in [2.24, 2.45) is 23.7 Å². The summed E-state index contributed by atoms with van der Waals surface area (Å²) in [6.45, 7) is 11.8. The Morgan fingerprint density at radius 1 is 0.722 bits per heavy atom. The quantitative estimate of drug-likeness (QED) is 0.509. The average Bonchev–Trinajstić information content (AvgIpc) is 3.51. The van der Waals surface area contributed by atoms with Crippen LogP contribution in [0.15, 0.2) is 57.3 Å². The highest BCUT2D eigenvalue weighted by Gasteiger charge is 2.28. The standard InChI is InChI=1S/C28H38N2O6/c1-17-7-19(3)25(11-23-13-29-15-33-23)35-28(32)22(6)10-18(2)8-20(4)26(12-24-14-30-16-34-24)36-27(31)21(5)9-17/h9-10,13-20,25-26H,7-8,11-12H2,1-6H3/b21-9-,22-10-/t17-,18-,19+,20+,25-,26-/m0/s1. The molecule has 2 aromatic rings. The van der Waals surface area contributed by atoms with E-state index in [0.717, 1.165) is 0 Å². The van der Waals surface area contributed by atoms with Crippen molar-refractivity contribution in [3.05, 3.63) is 60.0 Å². The van der Waals surface area contributed by atoms with Crippen LogP contribution in [0, 0.1) is 23.7 Å². The zero-order chi connectivity index (χ0) is 26.2. The van der Waals surface area contributed by atoms with E-state index in [9.17, 15) is 9.59 Å². The number of hydrogen-bond acceptors (Lipinski definition) is 8. The SMILES string of the molecule is C/C1=C/[C@@H](C)C[C@@H](C)[C@H](Cc2cnco2)OC(=O)/C(C)=C\[C@@H](C)C[C@@H](C)[C@H](Cc2cnco2)OC1=O. The molecule has 0 saturated heterocycles. The highest BCUT2D eigenvalue weighted by atomic mass is 16.5. The molecule has 8 heteroatoms. The van der Waals surface area contributed by atoms with Gasteiger partial charge in [0.25, 0.3) is 0 Å². The summed E-state index contributed by atoms with van der Waals surface area (Å²) in [5.74, 6) is 0.843. The number of oxazole rings is 2. The normalized spacial score (nSPS) is 32.1. The molecule has 3 rings (SSSR count). The van der Waals surface area contributed by atoms with Crippen molar-refractivity contribution in [3.63, 3.8) is 0 Å². The Kier molecular flexibility index (Phi) is 9.67. The van der Waals surface area contributed by atoms with E-state index in [-0.39, 0.29) is 47.8 Å². The first-order chi connectivity index (χ1) is 17.1. The van der Waals surface area contributed by atoms with Crippen molar-refractivity contribution in [1.29, 1.82) is 0 Å². The molecule has 0 aliphatic carbocycles. The van der Waals surface area contributed by atoms with Gasteiger partial charge in [0, 0.05) is 24.0 Å². The van der Waals surface area contributed by atoms with Crippen LogP contribution in [0.4, 0.5) is 0 Å². The van der Waals surface area contributed by atoms with Gasteiger partial charge in [-0.15, -0.1) is 0 Å². The molecule has 1 aliphatic rings. The minimum absolute atomic E-state index is 0.0199. The average molecular weight is 499 g/mol. The van der Waals surface area contributed by atoms with Crippen molar-refractivity contribution in [2.45, 2.75) is 79.4 Å². The Morgan fingerprint density at radius 2 is 1.11 bits per heavy atom. The largest absolute Gasteiger partial charge is 0.458 e. The first kappa shape index (κ1) is 27.4. The van der Waals surface area contributed by atoms with Gasteiger partial charge in [-0.2, -0.15) is 0 Å². The van der Waals surface area contributed by atoms with Gasteiger partial charge in [0.2, 0.25) is 0 Å². The molecular formula is C28H38N2O6. The van der Waals surface area contributed by atoms with Crippen LogP contribution >= 0.6 is 0 Å². The topological polar surface area (TPSA) is 105 Å². The smallest absolute Gasteiger partial charge is 0.333 e. The number of esters is 2. The number of rotatable bonds is 4. The predicted octanol–water partition coefficient (Wildman–Crippen LogP) is 5.50. The maximum atomic E-state index is 13.0. The van der Waals surface area contributed by atoms with Gasteiger partial charge < -0.3 is 18.3 Å². The zero-order valence-corrected chi connectivity index (χ0v) is 22.1. The molecule has 0 aromatic carbocycles. The van der Waals surface area contributed by atoms with Gasteiger partial charge in [0.1, 0.15) is 23.7 Å². The molecule has 3 heterocycles. The lowest BCUT2D eigenvalue weighted by atomic mass is 9.88. The second kappa shape index (κ2) is 12.7. The zero-order valence-electron chi connectivity index (χ0n) is 22.1. The van der Waals surface area contributed by atoms with Crippen LogP contribution in [-0.2, 0) is 31.9 Å². The van der Waals surface area contributed by atoms with Crippen LogP contribution < -0.4 is 0 Å². The molecule has 36 heavy (non-hydrogen) atoms. The molecule has 0 spiro atoms. The van der Waals surface area contributed by atoms with Gasteiger partial charge in [0.15, 0.2) is 12.8 Å². The van der Waals surface area contributed by atoms with Gasteiger partial charge >= 0.3 is 11.9 Å². The molecule has 0 unspecified atom stereocenters. The summed E-state index contributed by atoms with van der Waals surface area (Å²) < 4.78 is 22.8. The molecule has 8 nitrogen and oxygen atoms in total. The van der Waals surface area contributed by atoms with E-state index in [2.05, 4.69) is 9.97 Å². The summed E-state index contributed by atoms with van der Waals surface area (Å²) in [5, 5.41) is 0. The third-order valence-electron chi connectivity index (χ3n) is 6.76. The first-order valence-corrected chi connectivity index (χ1v) is 12.7. The molecule has 0 N–H and O–H groups in total. The Labute approximate surface area is 213 Å². The highest BCUT2D eigenvalue weighted by molar-refractivity contribution is 5.88. The highest BCUT2D eigenvalue weighted by Crippen LogP contribution is 2.27. The molecule has 0 bridgehead atoms. The lowest BCUT2D eigenvalue weighted by Crippen LogP contribution is -2.30. The number of hydrogen-bond donors (Lipinski definition) is 0. The molecule has 0 saturated carbocycles. The predicted molar refractivity (Wildman–Crippen MR) is 134 cm³/mol. The molecule has 0 fully saturated rings. The van der Waals surface area contributed by atoms with Crippen LogP contribution in [0.25, 0.3) is 0 Å². The van der Waals surface area contributed by atoms with Crippen LogP contribution in [0.3, 0.4) is 0 Å². The fourth-order valence-electron chi connectivity index (χ4n) is 4.86. The van der Waals surface area contributed by atoms with E-state index in [1.807, 2.05) is 39.8 Å².